The molecule has 2 rings (SSSR count). The zero-order chi connectivity index (χ0) is 16.7. The molecule has 7 heteroatoms. The molecular formula is C15H18F3N3O. The summed E-state index contributed by atoms with van der Waals surface area (Å²) in [5.74, 6) is -1.55. The van der Waals surface area contributed by atoms with Crippen molar-refractivity contribution in [2.24, 2.45) is 0 Å². The number of benzene rings is 1. The molecular weight excluding hydrogens is 295 g/mol. The third-order valence-electron chi connectivity index (χ3n) is 3.11. The molecule has 0 bridgehead atoms. The van der Waals surface area contributed by atoms with E-state index in [1.165, 1.54) is 19.1 Å². The van der Waals surface area contributed by atoms with Gasteiger partial charge in [-0.05, 0) is 39.8 Å². The van der Waals surface area contributed by atoms with Gasteiger partial charge in [0.1, 0.15) is 6.04 Å². The van der Waals surface area contributed by atoms with Gasteiger partial charge >= 0.3 is 6.18 Å². The van der Waals surface area contributed by atoms with E-state index in [0.717, 1.165) is 4.57 Å². The maximum atomic E-state index is 13.2. The van der Waals surface area contributed by atoms with Crippen molar-refractivity contribution in [1.82, 2.24) is 14.9 Å². The van der Waals surface area contributed by atoms with E-state index in [-0.39, 0.29) is 11.0 Å². The van der Waals surface area contributed by atoms with Crippen LogP contribution in [0.3, 0.4) is 0 Å². The fourth-order valence-corrected chi connectivity index (χ4v) is 2.23. The number of hydrogen-bond donors (Lipinski definition) is 1. The van der Waals surface area contributed by atoms with Gasteiger partial charge in [-0.15, -0.1) is 0 Å². The quantitative estimate of drug-likeness (QED) is 0.922. The Morgan fingerprint density at radius 2 is 1.82 bits per heavy atom. The summed E-state index contributed by atoms with van der Waals surface area (Å²) in [7, 11) is 0. The van der Waals surface area contributed by atoms with Crippen molar-refractivity contribution in [1.29, 1.82) is 0 Å². The van der Waals surface area contributed by atoms with Crippen LogP contribution in [-0.2, 0) is 11.0 Å². The number of amides is 1. The lowest BCUT2D eigenvalue weighted by molar-refractivity contribution is -0.148. The molecule has 1 aromatic carbocycles. The number of imidazole rings is 1. The fourth-order valence-electron chi connectivity index (χ4n) is 2.23. The Kier molecular flexibility index (Phi) is 3.93. The van der Waals surface area contributed by atoms with Crippen LogP contribution in [0.15, 0.2) is 24.3 Å². The van der Waals surface area contributed by atoms with Gasteiger partial charge in [0.05, 0.1) is 11.0 Å². The molecule has 0 aliphatic heterocycles. The van der Waals surface area contributed by atoms with Gasteiger partial charge < -0.3 is 9.88 Å². The van der Waals surface area contributed by atoms with Crippen molar-refractivity contribution >= 4 is 16.9 Å². The summed E-state index contributed by atoms with van der Waals surface area (Å²) in [5.41, 5.74) is -0.0308. The summed E-state index contributed by atoms with van der Waals surface area (Å²) in [6.45, 7) is 6.75. The Bertz CT molecular complexity index is 698. The highest BCUT2D eigenvalue weighted by Crippen LogP contribution is 2.33. The largest absolute Gasteiger partial charge is 0.449 e. The van der Waals surface area contributed by atoms with Crippen molar-refractivity contribution in [3.63, 3.8) is 0 Å². The van der Waals surface area contributed by atoms with Crippen molar-refractivity contribution < 1.29 is 18.0 Å². The first-order valence-corrected chi connectivity index (χ1v) is 6.87. The zero-order valence-electron chi connectivity index (χ0n) is 12.8. The standard InChI is InChI=1S/C15H18F3N3O/c1-9(12(22)20-14(2,3)4)21-11-8-6-5-7-10(11)19-13(21)15(16,17)18/h5-9H,1-4H3,(H,20,22). The van der Waals surface area contributed by atoms with Gasteiger partial charge in [-0.25, -0.2) is 4.98 Å². The SMILES string of the molecule is CC(C(=O)NC(C)(C)C)n1c(C(F)(F)F)nc2ccccc21. The Morgan fingerprint density at radius 3 is 2.36 bits per heavy atom. The van der Waals surface area contributed by atoms with Crippen LogP contribution < -0.4 is 5.32 Å². The van der Waals surface area contributed by atoms with Crippen LogP contribution in [-0.4, -0.2) is 21.0 Å². The second kappa shape index (κ2) is 5.30. The lowest BCUT2D eigenvalue weighted by Gasteiger charge is -2.25. The highest BCUT2D eigenvalue weighted by molar-refractivity contribution is 5.84. The first-order chi connectivity index (χ1) is 10.0. The third-order valence-corrected chi connectivity index (χ3v) is 3.11. The molecule has 0 aliphatic rings. The molecule has 1 atom stereocenters. The molecule has 0 fully saturated rings. The highest BCUT2D eigenvalue weighted by Gasteiger charge is 2.40. The number of carbonyl (C=O) groups excluding carboxylic acids is 1. The van der Waals surface area contributed by atoms with Gasteiger partial charge in [-0.2, -0.15) is 13.2 Å². The lowest BCUT2D eigenvalue weighted by Crippen LogP contribution is -2.44. The van der Waals surface area contributed by atoms with Crippen molar-refractivity contribution in [3.8, 4) is 0 Å². The topological polar surface area (TPSA) is 46.9 Å². The van der Waals surface area contributed by atoms with Gasteiger partial charge in [0, 0.05) is 5.54 Å². The van der Waals surface area contributed by atoms with Gasteiger partial charge in [0.15, 0.2) is 0 Å². The average molecular weight is 313 g/mol. The first kappa shape index (κ1) is 16.3. The van der Waals surface area contributed by atoms with E-state index >= 15 is 0 Å². The second-order valence-corrected chi connectivity index (χ2v) is 6.21. The maximum Gasteiger partial charge on any atom is 0.449 e. The molecule has 2 aromatic rings. The number of fused-ring (bicyclic) bond motifs is 1. The average Bonchev–Trinajstić information content (AvgIpc) is 2.75. The number of nitrogens with one attached hydrogen (secondary N) is 1. The van der Waals surface area contributed by atoms with Gasteiger partial charge in [0.2, 0.25) is 11.7 Å². The predicted molar refractivity (Wildman–Crippen MR) is 77.3 cm³/mol. The monoisotopic (exact) mass is 313 g/mol. The van der Waals surface area contributed by atoms with Crippen molar-refractivity contribution in [2.45, 2.75) is 45.5 Å². The Morgan fingerprint density at radius 1 is 1.23 bits per heavy atom. The van der Waals surface area contributed by atoms with E-state index in [2.05, 4.69) is 10.3 Å². The number of nitrogens with zero attached hydrogens (tertiary/aromatic N) is 2. The van der Waals surface area contributed by atoms with Crippen LogP contribution in [0.1, 0.15) is 39.6 Å². The van der Waals surface area contributed by atoms with E-state index in [1.807, 2.05) is 0 Å². The van der Waals surface area contributed by atoms with E-state index in [9.17, 15) is 18.0 Å². The maximum absolute atomic E-state index is 13.2. The number of aromatic nitrogens is 2. The van der Waals surface area contributed by atoms with E-state index in [4.69, 9.17) is 0 Å². The minimum absolute atomic E-state index is 0.213. The minimum atomic E-state index is -4.63. The van der Waals surface area contributed by atoms with E-state index in [1.54, 1.807) is 32.9 Å². The van der Waals surface area contributed by atoms with Crippen LogP contribution in [0.5, 0.6) is 0 Å². The highest BCUT2D eigenvalue weighted by atomic mass is 19.4. The molecule has 0 saturated heterocycles. The van der Waals surface area contributed by atoms with E-state index in [0.29, 0.717) is 0 Å². The molecule has 1 unspecified atom stereocenters. The fraction of sp³-hybridized carbons (Fsp3) is 0.467. The molecule has 0 spiro atoms. The molecule has 1 heterocycles. The van der Waals surface area contributed by atoms with Crippen LogP contribution in [0.25, 0.3) is 11.0 Å². The summed E-state index contributed by atoms with van der Waals surface area (Å²) in [5, 5.41) is 2.70. The van der Waals surface area contributed by atoms with Crippen molar-refractivity contribution in [2.75, 3.05) is 0 Å². The lowest BCUT2D eigenvalue weighted by atomic mass is 10.1. The molecule has 1 aromatic heterocycles. The van der Waals surface area contributed by atoms with Crippen LogP contribution >= 0.6 is 0 Å². The molecule has 0 radical (unpaired) electrons. The molecule has 1 N–H and O–H groups in total. The molecule has 0 saturated carbocycles. The predicted octanol–water partition coefficient (Wildman–Crippen LogP) is 3.53. The summed E-state index contributed by atoms with van der Waals surface area (Å²) in [6, 6.07) is 5.23. The second-order valence-electron chi connectivity index (χ2n) is 6.21. The van der Waals surface area contributed by atoms with Gasteiger partial charge in [0.25, 0.3) is 0 Å². The number of para-hydroxylation sites is 2. The summed E-state index contributed by atoms with van der Waals surface area (Å²) in [6.07, 6.45) is -4.63. The molecule has 0 aliphatic carbocycles. The van der Waals surface area contributed by atoms with Crippen molar-refractivity contribution in [3.05, 3.63) is 30.1 Å². The number of carbonyl (C=O) groups is 1. The summed E-state index contributed by atoms with van der Waals surface area (Å²) >= 11 is 0. The molecule has 4 nitrogen and oxygen atoms in total. The number of halogens is 3. The van der Waals surface area contributed by atoms with Crippen LogP contribution in [0.2, 0.25) is 0 Å². The Balaban J connectivity index is 2.55. The first-order valence-electron chi connectivity index (χ1n) is 6.87. The normalized spacial score (nSPS) is 14.1. The van der Waals surface area contributed by atoms with Crippen LogP contribution in [0, 0.1) is 0 Å². The van der Waals surface area contributed by atoms with Crippen LogP contribution in [0.4, 0.5) is 13.2 Å². The smallest absolute Gasteiger partial charge is 0.350 e. The molecule has 22 heavy (non-hydrogen) atoms. The number of rotatable bonds is 2. The van der Waals surface area contributed by atoms with Gasteiger partial charge in [-0.3, -0.25) is 4.79 Å². The Hall–Kier alpha value is -2.05. The molecule has 1 amide bonds. The Labute approximate surface area is 126 Å². The molecule has 120 valence electrons. The zero-order valence-corrected chi connectivity index (χ0v) is 12.8. The van der Waals surface area contributed by atoms with Gasteiger partial charge in [-0.1, -0.05) is 12.1 Å². The summed E-state index contributed by atoms with van der Waals surface area (Å²) in [4.78, 5) is 15.9. The third kappa shape index (κ3) is 3.23. The van der Waals surface area contributed by atoms with E-state index < -0.39 is 29.5 Å². The summed E-state index contributed by atoms with van der Waals surface area (Å²) < 4.78 is 40.6. The number of hydrogen-bond acceptors (Lipinski definition) is 2. The minimum Gasteiger partial charge on any atom is -0.350 e. The number of alkyl halides is 3.